The first-order chi connectivity index (χ1) is 62.4. The summed E-state index contributed by atoms with van der Waals surface area (Å²) in [5.41, 5.74) is 5.41. The van der Waals surface area contributed by atoms with Gasteiger partial charge < -0.3 is 59.1 Å². The van der Waals surface area contributed by atoms with E-state index in [0.29, 0.717) is 59.2 Å². The van der Waals surface area contributed by atoms with Gasteiger partial charge in [-0.2, -0.15) is 0 Å². The molecule has 0 fully saturated rings. The Bertz CT molecular complexity index is 5210. The van der Waals surface area contributed by atoms with Crippen LogP contribution in [0.2, 0.25) is 115 Å². The van der Waals surface area contributed by atoms with Crippen LogP contribution in [0.15, 0.2) is 164 Å². The van der Waals surface area contributed by atoms with E-state index in [4.69, 9.17) is 71.9 Å². The summed E-state index contributed by atoms with van der Waals surface area (Å²) in [7, 11) is -8.71. The fourth-order valence-corrected chi connectivity index (χ4v) is 41.2. The highest BCUT2D eigenvalue weighted by molar-refractivity contribution is 6.87. The number of carbonyl (C=O) groups excluding carboxylic acids is 2. The zero-order chi connectivity index (χ0) is 94.4. The molecule has 0 aliphatic rings. The first kappa shape index (κ1) is 109. The van der Waals surface area contributed by atoms with Crippen LogP contribution in [0.3, 0.4) is 0 Å². The maximum Gasteiger partial charge on any atom is 0.347 e. The monoisotopic (exact) mass is 1920 g/mol. The molecule has 0 saturated carbocycles. The SMILES string of the molecule is C#CC#CC#CC#COc1ccc(C(=O)Oc2ccc(-c3ccc(OC(=C)c4ccc(OCCCCCCCC)cc4)cc3)cc2)c(OCCCCC[Si](C)(C)O[Si](C)(C)CC[Si](C)(C)O[SiH3])c1.C#CC#CC#CC#COc1ccc(C(=O)Oc2ccc(-c3ccc(OCCCCCCCCCCC)cc3)cc2)c(OCCCCC[Si](C)(C)O[Si](C)(C)CC[Si](C)(C)O[SiH3])c1.[HH].[HH].[HH].[HH].[HH].[HH].[HH].[HH].[HH].[HH].[HH].[HH].[HH].[HH].[HH].[HH]. The minimum atomic E-state index is -1.84. The molecule has 0 atom stereocenters. The summed E-state index contributed by atoms with van der Waals surface area (Å²) >= 11 is 0. The number of carbonyl (C=O) groups is 2. The number of hydrogen-bond donors (Lipinski definition) is 0. The zero-order valence-electron chi connectivity index (χ0n) is 80.4. The molecule has 0 radical (unpaired) electrons. The summed E-state index contributed by atoms with van der Waals surface area (Å²) in [5, 5.41) is 0. The van der Waals surface area contributed by atoms with Crippen molar-refractivity contribution in [1.29, 1.82) is 0 Å². The third kappa shape index (κ3) is 45.1. The lowest BCUT2D eigenvalue weighted by Crippen LogP contribution is -2.45. The van der Waals surface area contributed by atoms with Gasteiger partial charge in [-0.25, -0.2) is 9.59 Å². The van der Waals surface area contributed by atoms with Crippen molar-refractivity contribution in [3.8, 4) is 170 Å². The van der Waals surface area contributed by atoms with Crippen LogP contribution >= 0.6 is 0 Å². The van der Waals surface area contributed by atoms with E-state index in [1.807, 2.05) is 84.9 Å². The Morgan fingerprint density at radius 2 is 0.592 bits per heavy atom. The lowest BCUT2D eigenvalue weighted by Gasteiger charge is -2.35. The summed E-state index contributed by atoms with van der Waals surface area (Å²) < 4.78 is 79.0. The fraction of sp³-hybridized carbons (Fsp3) is 0.421. The van der Waals surface area contributed by atoms with Gasteiger partial charge in [-0.1, -0.05) is 178 Å². The first-order valence-corrected chi connectivity index (χ1v) is 66.6. The smallest absolute Gasteiger partial charge is 0.347 e. The molecule has 7 aromatic rings. The number of hydrogen-bond acceptors (Lipinski definition) is 15. The van der Waals surface area contributed by atoms with Crippen LogP contribution in [0.25, 0.3) is 28.0 Å². The topological polar surface area (TPSA) is 154 Å². The number of terminal acetylenes is 2. The summed E-state index contributed by atoms with van der Waals surface area (Å²) in [4.78, 5) is 27.2. The van der Waals surface area contributed by atoms with E-state index < -0.39 is 61.8 Å². The molecule has 0 saturated heterocycles. The molecule has 0 spiro atoms. The van der Waals surface area contributed by atoms with Crippen LogP contribution in [0.5, 0.6) is 51.7 Å². The minimum absolute atomic E-state index is 0. The average molecular weight is 1920 g/mol. The number of rotatable bonds is 56. The van der Waals surface area contributed by atoms with Crippen molar-refractivity contribution in [3.05, 3.63) is 181 Å². The van der Waals surface area contributed by atoms with Crippen molar-refractivity contribution in [2.24, 2.45) is 0 Å². The second-order valence-electron chi connectivity index (χ2n) is 36.0. The summed E-state index contributed by atoms with van der Waals surface area (Å²) in [6, 6.07) is 55.2. The van der Waals surface area contributed by atoms with E-state index in [1.165, 1.54) is 89.5 Å². The van der Waals surface area contributed by atoms with Crippen molar-refractivity contribution in [1.82, 2.24) is 0 Å². The molecule has 0 aromatic heterocycles. The standard InChI is InChI=1S/C56H70O8Si4.C51H70O7Si4.16H2/c1-10-12-14-16-18-21-39-58-50-31-25-47(26-32-50)46(3)61-51-33-27-48(28-34-51)49-29-35-52(36-30-49)62-56(57)54-38-37-53(59-40-22-19-17-15-13-11-2)45-55(54)60-41-23-20-24-42-67(6,7)64-68(8,9)44-43-66(4,5)63-65;1-9-11-13-15-17-18-19-21-23-37-53-46-31-27-44(28-32-46)45-29-33-47(34-30-45)56-51(52)49-36-35-48(54-38-24-20-16-14-12-10-2)43-50(49)55-39-25-22-26-40-61(5,6)58-62(7,8)42-41-60(3,4)57-59;;;;;;;;;;;;;;;;/h2,25-38,45H,3,10,12,14,16,18,20-21,23-24,39,41-44H2,1,4-9,65H3;2,27-36,43H,9,11,13,15,17-19,21-23,25-26,37,39-42H2,1,3-8,59H3;16*1H. The second kappa shape index (κ2) is 59.3. The predicted octanol–water partition coefficient (Wildman–Crippen LogP) is 28.7. The van der Waals surface area contributed by atoms with Gasteiger partial charge in [0, 0.05) is 76.0 Å². The maximum atomic E-state index is 13.6. The number of ether oxygens (including phenoxy) is 9. The van der Waals surface area contributed by atoms with Crippen LogP contribution in [-0.4, -0.2) is 109 Å². The molecule has 0 unspecified atom stereocenters. The third-order valence-electron chi connectivity index (χ3n) is 21.9. The Labute approximate surface area is 816 Å². The van der Waals surface area contributed by atoms with Crippen LogP contribution in [0.4, 0.5) is 0 Å². The Balaban J connectivity index is -0.000000251. The molecule has 0 aliphatic carbocycles. The molecule has 0 bridgehead atoms. The number of esters is 2. The zero-order valence-corrected chi connectivity index (χ0v) is 90.4. The highest BCUT2D eigenvalue weighted by atomic mass is 28.4. The van der Waals surface area contributed by atoms with Gasteiger partial charge in [0.2, 0.25) is 0 Å². The first-order valence-electron chi connectivity index (χ1n) is 46.3. The number of benzene rings is 7. The molecule has 15 nitrogen and oxygen atoms in total. The van der Waals surface area contributed by atoms with Crippen molar-refractivity contribution in [2.75, 3.05) is 26.4 Å². The normalized spacial score (nSPS) is 11.1. The summed E-state index contributed by atoms with van der Waals surface area (Å²) in [6.07, 6.45) is 40.0. The van der Waals surface area contributed by atoms with Crippen molar-refractivity contribution in [2.45, 2.75) is 264 Å². The third-order valence-corrected chi connectivity index (χ3v) is 49.5. The molecule has 130 heavy (non-hydrogen) atoms. The molecule has 7 aromatic carbocycles. The summed E-state index contributed by atoms with van der Waals surface area (Å²) in [6.45, 7) is 38.9. The summed E-state index contributed by atoms with van der Waals surface area (Å²) in [5.74, 6) is 33.7. The second-order valence-corrected chi connectivity index (χ2v) is 65.0. The Morgan fingerprint density at radius 1 is 0.315 bits per heavy atom. The minimum Gasteiger partial charge on any atom is -0.494 e. The lowest BCUT2D eigenvalue weighted by atomic mass is 10.1. The van der Waals surface area contributed by atoms with Gasteiger partial charge in [-0.05, 0) is 295 Å². The largest absolute Gasteiger partial charge is 0.494 e. The highest BCUT2D eigenvalue weighted by Crippen LogP contribution is 2.36. The molecular weight excluding hydrogens is 1750 g/mol. The molecular formula is C107H172O15Si8. The predicted molar refractivity (Wildman–Crippen MR) is 590 cm³/mol. The van der Waals surface area contributed by atoms with E-state index in [9.17, 15) is 9.59 Å². The van der Waals surface area contributed by atoms with Gasteiger partial charge in [-0.3, -0.25) is 0 Å². The Morgan fingerprint density at radius 3 is 0.938 bits per heavy atom. The maximum absolute atomic E-state index is 13.6. The van der Waals surface area contributed by atoms with Crippen LogP contribution in [0, 0.1) is 96.1 Å². The van der Waals surface area contributed by atoms with Gasteiger partial charge in [0.25, 0.3) is 0 Å². The van der Waals surface area contributed by atoms with Crippen molar-refractivity contribution < 1.29 is 91.5 Å². The molecule has 0 aliphatic heterocycles. The van der Waals surface area contributed by atoms with E-state index >= 15 is 0 Å². The highest BCUT2D eigenvalue weighted by Gasteiger charge is 2.37. The molecule has 23 heteroatoms. The fourth-order valence-electron chi connectivity index (χ4n) is 14.1. The lowest BCUT2D eigenvalue weighted by molar-refractivity contribution is 0.0720. The van der Waals surface area contributed by atoms with Crippen LogP contribution in [-0.2, 0) is 16.5 Å². The van der Waals surface area contributed by atoms with E-state index in [-0.39, 0.29) is 34.0 Å². The average Bonchev–Trinajstić information content (AvgIpc) is 0.826. The van der Waals surface area contributed by atoms with E-state index in [1.54, 1.807) is 60.7 Å². The molecule has 0 amide bonds. The van der Waals surface area contributed by atoms with Crippen molar-refractivity contribution >= 4 is 88.6 Å². The Hall–Kier alpha value is -10.1. The molecule has 0 heterocycles. The quantitative estimate of drug-likeness (QED) is 0.00886. The van der Waals surface area contributed by atoms with Gasteiger partial charge in [0.05, 0.1) is 26.4 Å². The number of unbranched alkanes of at least 4 members (excludes halogenated alkanes) is 17. The van der Waals surface area contributed by atoms with Gasteiger partial charge >= 0.3 is 11.9 Å². The van der Waals surface area contributed by atoms with E-state index in [0.717, 1.165) is 155 Å². The molecule has 7 rings (SSSR count). The molecule has 722 valence electrons. The van der Waals surface area contributed by atoms with Gasteiger partial charge in [0.1, 0.15) is 102 Å². The molecule has 0 N–H and O–H groups in total. The van der Waals surface area contributed by atoms with Crippen LogP contribution < -0.4 is 42.6 Å². The van der Waals surface area contributed by atoms with Gasteiger partial charge in [0.15, 0.2) is 49.9 Å². The van der Waals surface area contributed by atoms with Gasteiger partial charge in [-0.15, -0.1) is 12.8 Å². The van der Waals surface area contributed by atoms with Crippen LogP contribution in [0.1, 0.15) is 198 Å². The Kier molecular flexibility index (Phi) is 49.6. The van der Waals surface area contributed by atoms with E-state index in [2.05, 4.69) is 194 Å². The van der Waals surface area contributed by atoms with Crippen molar-refractivity contribution in [3.63, 3.8) is 0 Å².